The molecule has 2 aromatic rings. The van der Waals surface area contributed by atoms with Gasteiger partial charge < -0.3 is 14.4 Å². The largest absolute Gasteiger partial charge is 0.473 e. The van der Waals surface area contributed by atoms with E-state index in [0.717, 1.165) is 32.4 Å². The standard InChI is InChI=1S/C17H21N5O3/c23-17(13-6-11-24-12-13)21-9-4-14(5-10-21)25-16-3-2-15(19-20-16)22-8-1-7-18-22/h1-3,7-8,13-14H,4-6,9-12H2. The van der Waals surface area contributed by atoms with Gasteiger partial charge in [-0.15, -0.1) is 10.2 Å². The van der Waals surface area contributed by atoms with Crippen molar-refractivity contribution in [3.05, 3.63) is 30.6 Å². The van der Waals surface area contributed by atoms with Crippen molar-refractivity contribution in [3.8, 4) is 11.7 Å². The molecule has 0 bridgehead atoms. The second-order valence-corrected chi connectivity index (χ2v) is 6.38. The Bertz CT molecular complexity index is 690. The molecular weight excluding hydrogens is 322 g/mol. The number of carbonyl (C=O) groups is 1. The molecule has 2 fully saturated rings. The van der Waals surface area contributed by atoms with Crippen LogP contribution in [0.1, 0.15) is 19.3 Å². The first-order chi connectivity index (χ1) is 12.3. The topological polar surface area (TPSA) is 82.4 Å². The summed E-state index contributed by atoms with van der Waals surface area (Å²) in [7, 11) is 0. The molecule has 132 valence electrons. The smallest absolute Gasteiger partial charge is 0.233 e. The molecule has 1 unspecified atom stereocenters. The fraction of sp³-hybridized carbons (Fsp3) is 0.529. The molecule has 2 aliphatic heterocycles. The van der Waals surface area contributed by atoms with Crippen LogP contribution in [0, 0.1) is 5.92 Å². The van der Waals surface area contributed by atoms with Crippen LogP contribution in [-0.2, 0) is 9.53 Å². The van der Waals surface area contributed by atoms with E-state index in [9.17, 15) is 4.79 Å². The SMILES string of the molecule is O=C(C1CCOC1)N1CCC(Oc2ccc(-n3cccn3)nn2)CC1. The molecule has 2 aromatic heterocycles. The average Bonchev–Trinajstić information content (AvgIpc) is 3.36. The van der Waals surface area contributed by atoms with Gasteiger partial charge in [-0.1, -0.05) is 0 Å². The third-order valence-corrected chi connectivity index (χ3v) is 4.69. The number of amides is 1. The molecular formula is C17H21N5O3. The number of nitrogens with zero attached hydrogens (tertiary/aromatic N) is 5. The van der Waals surface area contributed by atoms with Crippen molar-refractivity contribution in [2.45, 2.75) is 25.4 Å². The number of rotatable bonds is 4. The van der Waals surface area contributed by atoms with Crippen LogP contribution in [0.25, 0.3) is 5.82 Å². The maximum Gasteiger partial charge on any atom is 0.233 e. The molecule has 8 heteroatoms. The van der Waals surface area contributed by atoms with Gasteiger partial charge in [0, 0.05) is 51.0 Å². The van der Waals surface area contributed by atoms with Gasteiger partial charge in [0.1, 0.15) is 6.10 Å². The Labute approximate surface area is 145 Å². The van der Waals surface area contributed by atoms with Gasteiger partial charge in [-0.2, -0.15) is 5.10 Å². The molecule has 1 atom stereocenters. The summed E-state index contributed by atoms with van der Waals surface area (Å²) in [6.07, 6.45) is 6.02. The molecule has 4 heterocycles. The van der Waals surface area contributed by atoms with Crippen molar-refractivity contribution >= 4 is 5.91 Å². The summed E-state index contributed by atoms with van der Waals surface area (Å²) in [5, 5.41) is 12.4. The lowest BCUT2D eigenvalue weighted by atomic mass is 10.0. The minimum atomic E-state index is 0.0400. The van der Waals surface area contributed by atoms with E-state index in [4.69, 9.17) is 9.47 Å². The number of ether oxygens (including phenoxy) is 2. The van der Waals surface area contributed by atoms with Crippen LogP contribution in [0.15, 0.2) is 30.6 Å². The van der Waals surface area contributed by atoms with Gasteiger partial charge in [0.05, 0.1) is 12.5 Å². The first-order valence-electron chi connectivity index (χ1n) is 8.66. The zero-order valence-corrected chi connectivity index (χ0v) is 14.0. The Hall–Kier alpha value is -2.48. The van der Waals surface area contributed by atoms with E-state index in [2.05, 4.69) is 15.3 Å². The molecule has 0 saturated carbocycles. The lowest BCUT2D eigenvalue weighted by Gasteiger charge is -2.33. The van der Waals surface area contributed by atoms with Gasteiger partial charge in [0.25, 0.3) is 0 Å². The maximum atomic E-state index is 12.4. The normalized spacial score (nSPS) is 21.4. The van der Waals surface area contributed by atoms with Gasteiger partial charge >= 0.3 is 0 Å². The van der Waals surface area contributed by atoms with Crippen molar-refractivity contribution < 1.29 is 14.3 Å². The van der Waals surface area contributed by atoms with E-state index in [0.29, 0.717) is 24.9 Å². The molecule has 0 radical (unpaired) electrons. The third-order valence-electron chi connectivity index (χ3n) is 4.69. The summed E-state index contributed by atoms with van der Waals surface area (Å²) in [4.78, 5) is 14.3. The number of aromatic nitrogens is 4. The van der Waals surface area contributed by atoms with Gasteiger partial charge in [-0.3, -0.25) is 4.79 Å². The number of hydrogen-bond acceptors (Lipinski definition) is 6. The molecule has 2 saturated heterocycles. The second-order valence-electron chi connectivity index (χ2n) is 6.38. The lowest BCUT2D eigenvalue weighted by molar-refractivity contribution is -0.137. The van der Waals surface area contributed by atoms with Gasteiger partial charge in [0.2, 0.25) is 11.8 Å². The number of carbonyl (C=O) groups excluding carboxylic acids is 1. The molecule has 0 N–H and O–H groups in total. The van der Waals surface area contributed by atoms with Crippen LogP contribution >= 0.6 is 0 Å². The van der Waals surface area contributed by atoms with Crippen LogP contribution < -0.4 is 4.74 Å². The van der Waals surface area contributed by atoms with Crippen molar-refractivity contribution in [3.63, 3.8) is 0 Å². The molecule has 8 nitrogen and oxygen atoms in total. The molecule has 0 aromatic carbocycles. The van der Waals surface area contributed by atoms with Crippen molar-refractivity contribution in [2.24, 2.45) is 5.92 Å². The van der Waals surface area contributed by atoms with Gasteiger partial charge in [-0.05, 0) is 18.6 Å². The summed E-state index contributed by atoms with van der Waals surface area (Å²) in [6, 6.07) is 5.46. The summed E-state index contributed by atoms with van der Waals surface area (Å²) in [5.41, 5.74) is 0. The Morgan fingerprint density at radius 3 is 2.72 bits per heavy atom. The van der Waals surface area contributed by atoms with Crippen LogP contribution in [0.3, 0.4) is 0 Å². The Morgan fingerprint density at radius 1 is 1.20 bits per heavy atom. The van der Waals surface area contributed by atoms with Crippen molar-refractivity contribution in [1.82, 2.24) is 24.9 Å². The van der Waals surface area contributed by atoms with E-state index in [1.54, 1.807) is 16.9 Å². The fourth-order valence-electron chi connectivity index (χ4n) is 3.25. The predicted octanol–water partition coefficient (Wildman–Crippen LogP) is 1.07. The van der Waals surface area contributed by atoms with E-state index in [-0.39, 0.29) is 17.9 Å². The third kappa shape index (κ3) is 3.63. The molecule has 4 rings (SSSR count). The Morgan fingerprint density at radius 2 is 2.08 bits per heavy atom. The fourth-order valence-corrected chi connectivity index (χ4v) is 3.25. The average molecular weight is 343 g/mol. The second kappa shape index (κ2) is 7.18. The number of piperidine rings is 1. The Kier molecular flexibility index (Phi) is 4.60. The van der Waals surface area contributed by atoms with Crippen molar-refractivity contribution in [2.75, 3.05) is 26.3 Å². The van der Waals surface area contributed by atoms with Crippen LogP contribution in [0.5, 0.6) is 5.88 Å². The highest BCUT2D eigenvalue weighted by molar-refractivity contribution is 5.79. The number of hydrogen-bond donors (Lipinski definition) is 0. The zero-order chi connectivity index (χ0) is 17.1. The van der Waals surface area contributed by atoms with Crippen LogP contribution in [0.2, 0.25) is 0 Å². The summed E-state index contributed by atoms with van der Waals surface area (Å²) >= 11 is 0. The maximum absolute atomic E-state index is 12.4. The molecule has 0 aliphatic carbocycles. The molecule has 1 amide bonds. The summed E-state index contributed by atoms with van der Waals surface area (Å²) in [6.45, 7) is 2.70. The lowest BCUT2D eigenvalue weighted by Crippen LogP contribution is -2.44. The zero-order valence-electron chi connectivity index (χ0n) is 14.0. The molecule has 2 aliphatic rings. The van der Waals surface area contributed by atoms with E-state index in [1.807, 2.05) is 23.2 Å². The first kappa shape index (κ1) is 16.0. The minimum absolute atomic E-state index is 0.0400. The first-order valence-corrected chi connectivity index (χ1v) is 8.66. The van der Waals surface area contributed by atoms with E-state index in [1.165, 1.54) is 0 Å². The minimum Gasteiger partial charge on any atom is -0.473 e. The van der Waals surface area contributed by atoms with E-state index >= 15 is 0 Å². The monoisotopic (exact) mass is 343 g/mol. The van der Waals surface area contributed by atoms with Crippen LogP contribution in [0.4, 0.5) is 0 Å². The molecule has 25 heavy (non-hydrogen) atoms. The van der Waals surface area contributed by atoms with Gasteiger partial charge in [-0.25, -0.2) is 4.68 Å². The van der Waals surface area contributed by atoms with Gasteiger partial charge in [0.15, 0.2) is 5.82 Å². The van der Waals surface area contributed by atoms with Crippen molar-refractivity contribution in [1.29, 1.82) is 0 Å². The molecule has 0 spiro atoms. The summed E-state index contributed by atoms with van der Waals surface area (Å²) < 4.78 is 12.9. The highest BCUT2D eigenvalue weighted by Gasteiger charge is 2.31. The highest BCUT2D eigenvalue weighted by atomic mass is 16.5. The summed E-state index contributed by atoms with van der Waals surface area (Å²) in [5.74, 6) is 1.42. The predicted molar refractivity (Wildman–Crippen MR) is 88.3 cm³/mol. The van der Waals surface area contributed by atoms with E-state index < -0.39 is 0 Å². The quantitative estimate of drug-likeness (QED) is 0.826. The Balaban J connectivity index is 1.29. The number of likely N-dealkylation sites (tertiary alicyclic amines) is 1. The van der Waals surface area contributed by atoms with Crippen LogP contribution in [-0.4, -0.2) is 63.2 Å². The highest BCUT2D eigenvalue weighted by Crippen LogP contribution is 2.21.